The van der Waals surface area contributed by atoms with Crippen LogP contribution in [0.4, 0.5) is 0 Å². The van der Waals surface area contributed by atoms with E-state index >= 15 is 0 Å². The van der Waals surface area contributed by atoms with Gasteiger partial charge in [-0.1, -0.05) is 37.6 Å². The van der Waals surface area contributed by atoms with E-state index in [-0.39, 0.29) is 11.9 Å². The average Bonchev–Trinajstić information content (AvgIpc) is 2.92. The summed E-state index contributed by atoms with van der Waals surface area (Å²) < 4.78 is 11.0. The summed E-state index contributed by atoms with van der Waals surface area (Å²) >= 11 is 0. The van der Waals surface area contributed by atoms with E-state index in [1.807, 2.05) is 48.5 Å². The Bertz CT molecular complexity index is 946. The van der Waals surface area contributed by atoms with Crippen LogP contribution in [-0.4, -0.2) is 18.9 Å². The number of hydrogen-bond acceptors (Lipinski definition) is 4. The summed E-state index contributed by atoms with van der Waals surface area (Å²) in [6.45, 7) is 2.15. The summed E-state index contributed by atoms with van der Waals surface area (Å²) in [5, 5.41) is 0. The minimum Gasteiger partial charge on any atom is -0.497 e. The van der Waals surface area contributed by atoms with Gasteiger partial charge in [0.05, 0.1) is 13.0 Å². The van der Waals surface area contributed by atoms with Crippen molar-refractivity contribution < 1.29 is 19.1 Å². The van der Waals surface area contributed by atoms with Crippen LogP contribution in [0.5, 0.6) is 11.5 Å². The first kappa shape index (κ1) is 25.5. The molecule has 4 rings (SSSR count). The fraction of sp³-hybridized carbons (Fsp3) is 0.548. The van der Waals surface area contributed by atoms with Crippen LogP contribution in [-0.2, 0) is 9.59 Å². The first-order chi connectivity index (χ1) is 17.1. The van der Waals surface area contributed by atoms with E-state index in [4.69, 9.17) is 9.47 Å². The van der Waals surface area contributed by atoms with Crippen molar-refractivity contribution in [3.05, 3.63) is 48.5 Å². The zero-order valence-electron chi connectivity index (χ0n) is 21.3. The molecule has 0 heterocycles. The number of benzene rings is 2. The number of carbonyl (C=O) groups is 2. The summed E-state index contributed by atoms with van der Waals surface area (Å²) in [6.07, 6.45) is 11.5. The Kier molecular flexibility index (Phi) is 9.01. The molecule has 0 aliphatic heterocycles. The SMILES string of the molecule is CCCCC(=O)[C@H]1CC[C@H]([C@H]2CC[C@H](C(=O)Oc3ccc(-c4ccc(OC)cc4)cc3)CC2)CC1. The summed E-state index contributed by atoms with van der Waals surface area (Å²) in [5.41, 5.74) is 2.18. The predicted octanol–water partition coefficient (Wildman–Crippen LogP) is 7.64. The van der Waals surface area contributed by atoms with Gasteiger partial charge in [-0.3, -0.25) is 9.59 Å². The topological polar surface area (TPSA) is 52.6 Å². The molecule has 0 aromatic heterocycles. The molecule has 2 aromatic carbocycles. The molecule has 0 amide bonds. The quantitative estimate of drug-likeness (QED) is 0.276. The number of unbranched alkanes of at least 4 members (excludes halogenated alkanes) is 1. The second-order valence-corrected chi connectivity index (χ2v) is 10.5. The second kappa shape index (κ2) is 12.4. The lowest BCUT2D eigenvalue weighted by atomic mass is 9.68. The lowest BCUT2D eigenvalue weighted by Crippen LogP contribution is -2.31. The van der Waals surface area contributed by atoms with Gasteiger partial charge < -0.3 is 9.47 Å². The highest BCUT2D eigenvalue weighted by atomic mass is 16.5. The van der Waals surface area contributed by atoms with E-state index in [0.717, 1.165) is 80.6 Å². The molecule has 2 aliphatic carbocycles. The van der Waals surface area contributed by atoms with E-state index in [2.05, 4.69) is 6.92 Å². The molecule has 0 unspecified atom stereocenters. The highest BCUT2D eigenvalue weighted by Crippen LogP contribution is 2.42. The van der Waals surface area contributed by atoms with E-state index in [1.165, 1.54) is 12.8 Å². The Morgan fingerprint density at radius 3 is 1.69 bits per heavy atom. The Morgan fingerprint density at radius 1 is 0.714 bits per heavy atom. The molecule has 35 heavy (non-hydrogen) atoms. The molecule has 4 nitrogen and oxygen atoms in total. The lowest BCUT2D eigenvalue weighted by molar-refractivity contribution is -0.140. The molecular formula is C31H40O4. The molecule has 0 saturated heterocycles. The van der Waals surface area contributed by atoms with Crippen LogP contribution < -0.4 is 9.47 Å². The maximum Gasteiger partial charge on any atom is 0.314 e. The molecule has 2 aliphatic rings. The Hall–Kier alpha value is -2.62. The first-order valence-electron chi connectivity index (χ1n) is 13.6. The number of methoxy groups -OCH3 is 1. The predicted molar refractivity (Wildman–Crippen MR) is 139 cm³/mol. The van der Waals surface area contributed by atoms with E-state index < -0.39 is 0 Å². The summed E-state index contributed by atoms with van der Waals surface area (Å²) in [7, 11) is 1.66. The van der Waals surface area contributed by atoms with E-state index in [1.54, 1.807) is 7.11 Å². The van der Waals surface area contributed by atoms with Crippen molar-refractivity contribution in [3.8, 4) is 22.6 Å². The molecule has 2 aromatic rings. The summed E-state index contributed by atoms with van der Waals surface area (Å²) in [4.78, 5) is 25.2. The minimum absolute atomic E-state index is 0.000486. The van der Waals surface area contributed by atoms with Gasteiger partial charge in [-0.05, 0) is 105 Å². The zero-order valence-corrected chi connectivity index (χ0v) is 21.3. The minimum atomic E-state index is -0.0918. The molecule has 2 saturated carbocycles. The third kappa shape index (κ3) is 6.74. The van der Waals surface area contributed by atoms with Crippen LogP contribution >= 0.6 is 0 Å². The van der Waals surface area contributed by atoms with Gasteiger partial charge in [0.1, 0.15) is 17.3 Å². The van der Waals surface area contributed by atoms with Crippen molar-refractivity contribution in [2.75, 3.05) is 7.11 Å². The molecule has 0 bridgehead atoms. The van der Waals surface area contributed by atoms with Gasteiger partial charge in [0.15, 0.2) is 0 Å². The van der Waals surface area contributed by atoms with Crippen molar-refractivity contribution in [1.29, 1.82) is 0 Å². The highest BCUT2D eigenvalue weighted by molar-refractivity contribution is 5.81. The number of rotatable bonds is 9. The summed E-state index contributed by atoms with van der Waals surface area (Å²) in [6, 6.07) is 15.7. The molecular weight excluding hydrogens is 436 g/mol. The van der Waals surface area contributed by atoms with Gasteiger partial charge in [0.25, 0.3) is 0 Å². The molecule has 0 N–H and O–H groups in total. The molecule has 0 atom stereocenters. The number of ketones is 1. The maximum atomic E-state index is 12.8. The number of esters is 1. The Balaban J connectivity index is 1.21. The fourth-order valence-electron chi connectivity index (χ4n) is 5.99. The van der Waals surface area contributed by atoms with Crippen molar-refractivity contribution in [2.45, 2.75) is 77.6 Å². The Morgan fingerprint density at radius 2 is 1.20 bits per heavy atom. The maximum absolute atomic E-state index is 12.8. The third-order valence-electron chi connectivity index (χ3n) is 8.27. The molecule has 0 radical (unpaired) electrons. The normalized spacial score (nSPS) is 24.5. The first-order valence-corrected chi connectivity index (χ1v) is 13.6. The second-order valence-electron chi connectivity index (χ2n) is 10.5. The standard InChI is InChI=1S/C31H40O4/c1-3-4-5-30(32)26-10-6-22(7-11-26)23-8-12-27(13-9-23)31(33)35-29-20-16-25(17-21-29)24-14-18-28(34-2)19-15-24/h14-23,26-27H,3-13H2,1-2H3/t22-,23-,26-,27-. The number of hydrogen-bond donors (Lipinski definition) is 0. The van der Waals surface area contributed by atoms with Crippen molar-refractivity contribution in [1.82, 2.24) is 0 Å². The fourth-order valence-corrected chi connectivity index (χ4v) is 5.99. The molecule has 2 fully saturated rings. The van der Waals surface area contributed by atoms with E-state index in [0.29, 0.717) is 23.4 Å². The van der Waals surface area contributed by atoms with Crippen LogP contribution in [0.1, 0.15) is 77.6 Å². The van der Waals surface area contributed by atoms with Crippen LogP contribution in [0, 0.1) is 23.7 Å². The zero-order chi connectivity index (χ0) is 24.6. The number of ether oxygens (including phenoxy) is 2. The third-order valence-corrected chi connectivity index (χ3v) is 8.27. The molecule has 188 valence electrons. The Labute approximate surface area is 210 Å². The number of carbonyl (C=O) groups excluding carboxylic acids is 2. The van der Waals surface area contributed by atoms with Crippen molar-refractivity contribution in [2.24, 2.45) is 23.7 Å². The number of Topliss-reactive ketones (excluding diaryl/α,β-unsaturated/α-hetero) is 1. The van der Waals surface area contributed by atoms with Gasteiger partial charge in [-0.15, -0.1) is 0 Å². The monoisotopic (exact) mass is 476 g/mol. The van der Waals surface area contributed by atoms with Gasteiger partial charge in [0.2, 0.25) is 0 Å². The summed E-state index contributed by atoms with van der Waals surface area (Å²) in [5.74, 6) is 3.58. The molecule has 0 spiro atoms. The highest BCUT2D eigenvalue weighted by Gasteiger charge is 2.34. The van der Waals surface area contributed by atoms with Gasteiger partial charge in [0, 0.05) is 12.3 Å². The van der Waals surface area contributed by atoms with Crippen molar-refractivity contribution in [3.63, 3.8) is 0 Å². The van der Waals surface area contributed by atoms with Gasteiger partial charge in [-0.2, -0.15) is 0 Å². The van der Waals surface area contributed by atoms with Crippen LogP contribution in [0.3, 0.4) is 0 Å². The van der Waals surface area contributed by atoms with Gasteiger partial charge >= 0.3 is 5.97 Å². The van der Waals surface area contributed by atoms with Crippen molar-refractivity contribution >= 4 is 11.8 Å². The lowest BCUT2D eigenvalue weighted by Gasteiger charge is -2.37. The van der Waals surface area contributed by atoms with E-state index in [9.17, 15) is 9.59 Å². The van der Waals surface area contributed by atoms with Gasteiger partial charge in [-0.25, -0.2) is 0 Å². The van der Waals surface area contributed by atoms with Crippen LogP contribution in [0.15, 0.2) is 48.5 Å². The average molecular weight is 477 g/mol. The largest absolute Gasteiger partial charge is 0.497 e. The van der Waals surface area contributed by atoms with Crippen LogP contribution in [0.2, 0.25) is 0 Å². The smallest absolute Gasteiger partial charge is 0.314 e. The molecule has 4 heteroatoms. The van der Waals surface area contributed by atoms with Crippen LogP contribution in [0.25, 0.3) is 11.1 Å².